The number of rotatable bonds is 4. The van der Waals surface area contributed by atoms with Gasteiger partial charge in [-0.1, -0.05) is 27.2 Å². The molecular formula is C12H23NO2. The van der Waals surface area contributed by atoms with E-state index >= 15 is 0 Å². The maximum absolute atomic E-state index is 11.2. The Morgan fingerprint density at radius 2 is 2.20 bits per heavy atom. The van der Waals surface area contributed by atoms with Crippen LogP contribution in [0.3, 0.4) is 0 Å². The van der Waals surface area contributed by atoms with E-state index in [1.807, 2.05) is 13.8 Å². The van der Waals surface area contributed by atoms with Crippen LogP contribution in [0.2, 0.25) is 0 Å². The molecule has 0 aromatic rings. The highest BCUT2D eigenvalue weighted by Crippen LogP contribution is 2.23. The molecule has 2 unspecified atom stereocenters. The summed E-state index contributed by atoms with van der Waals surface area (Å²) in [6, 6.07) is -0.292. The predicted molar refractivity (Wildman–Crippen MR) is 60.8 cm³/mol. The molecule has 1 saturated heterocycles. The molecule has 15 heavy (non-hydrogen) atoms. The second-order valence-corrected chi connectivity index (χ2v) is 4.94. The molecule has 0 amide bonds. The first-order valence-electron chi connectivity index (χ1n) is 6.03. The van der Waals surface area contributed by atoms with E-state index in [-0.39, 0.29) is 12.0 Å². The Labute approximate surface area is 92.5 Å². The zero-order valence-electron chi connectivity index (χ0n) is 10.1. The molecule has 1 rings (SSSR count). The molecule has 1 N–H and O–H groups in total. The fourth-order valence-corrected chi connectivity index (χ4v) is 2.55. The zero-order chi connectivity index (χ0) is 11.4. The first-order chi connectivity index (χ1) is 7.06. The number of aliphatic carboxylic acids is 1. The van der Waals surface area contributed by atoms with Crippen LogP contribution in [-0.4, -0.2) is 35.1 Å². The molecular weight excluding hydrogens is 190 g/mol. The van der Waals surface area contributed by atoms with Gasteiger partial charge in [0, 0.05) is 6.54 Å². The molecule has 1 heterocycles. The number of hydrogen-bond donors (Lipinski definition) is 1. The smallest absolute Gasteiger partial charge is 0.321 e. The van der Waals surface area contributed by atoms with Gasteiger partial charge in [-0.05, 0) is 31.2 Å². The second kappa shape index (κ2) is 5.50. The van der Waals surface area contributed by atoms with E-state index in [4.69, 9.17) is 0 Å². The molecule has 1 aliphatic rings. The van der Waals surface area contributed by atoms with Gasteiger partial charge in [0.1, 0.15) is 6.04 Å². The topological polar surface area (TPSA) is 40.5 Å². The Morgan fingerprint density at radius 3 is 2.67 bits per heavy atom. The van der Waals surface area contributed by atoms with Gasteiger partial charge >= 0.3 is 5.97 Å². The lowest BCUT2D eigenvalue weighted by Gasteiger charge is -2.37. The normalized spacial score (nSPS) is 25.5. The van der Waals surface area contributed by atoms with Gasteiger partial charge in [-0.2, -0.15) is 0 Å². The third kappa shape index (κ3) is 3.20. The fraction of sp³-hybridized carbons (Fsp3) is 0.917. The summed E-state index contributed by atoms with van der Waals surface area (Å²) in [6.45, 7) is 8.10. The van der Waals surface area contributed by atoms with Crippen molar-refractivity contribution < 1.29 is 9.90 Å². The van der Waals surface area contributed by atoms with E-state index in [0.29, 0.717) is 5.92 Å². The Hall–Kier alpha value is -0.570. The Bertz CT molecular complexity index is 216. The molecule has 88 valence electrons. The first-order valence-corrected chi connectivity index (χ1v) is 6.03. The average molecular weight is 213 g/mol. The molecule has 1 aliphatic heterocycles. The number of carbonyl (C=O) groups is 1. The predicted octanol–water partition coefficient (Wildman–Crippen LogP) is 2.22. The molecule has 0 aliphatic carbocycles. The minimum atomic E-state index is -0.665. The van der Waals surface area contributed by atoms with Gasteiger partial charge in [0.05, 0.1) is 0 Å². The number of hydrogen-bond acceptors (Lipinski definition) is 2. The first kappa shape index (κ1) is 12.5. The third-order valence-electron chi connectivity index (χ3n) is 3.41. The van der Waals surface area contributed by atoms with Gasteiger partial charge in [-0.25, -0.2) is 0 Å². The number of carboxylic acid groups (broad SMARTS) is 1. The molecule has 1 fully saturated rings. The highest BCUT2D eigenvalue weighted by Gasteiger charge is 2.31. The van der Waals surface area contributed by atoms with Crippen molar-refractivity contribution >= 4 is 5.97 Å². The number of piperidine rings is 1. The van der Waals surface area contributed by atoms with E-state index in [2.05, 4.69) is 11.8 Å². The molecule has 3 heteroatoms. The van der Waals surface area contributed by atoms with Crippen molar-refractivity contribution in [1.82, 2.24) is 4.90 Å². The van der Waals surface area contributed by atoms with Gasteiger partial charge in [0.25, 0.3) is 0 Å². The highest BCUT2D eigenvalue weighted by molar-refractivity contribution is 5.73. The van der Waals surface area contributed by atoms with Crippen molar-refractivity contribution in [3.05, 3.63) is 0 Å². The lowest BCUT2D eigenvalue weighted by Crippen LogP contribution is -2.49. The van der Waals surface area contributed by atoms with Crippen LogP contribution in [0.4, 0.5) is 0 Å². The molecule has 3 nitrogen and oxygen atoms in total. The number of likely N-dealkylation sites (tertiary alicyclic amines) is 1. The summed E-state index contributed by atoms with van der Waals surface area (Å²) in [4.78, 5) is 13.4. The zero-order valence-corrected chi connectivity index (χ0v) is 10.1. The molecule has 0 bridgehead atoms. The summed E-state index contributed by atoms with van der Waals surface area (Å²) in [5, 5.41) is 9.21. The number of carboxylic acids is 1. The van der Waals surface area contributed by atoms with Crippen LogP contribution in [-0.2, 0) is 4.79 Å². The minimum Gasteiger partial charge on any atom is -0.480 e. The van der Waals surface area contributed by atoms with Crippen LogP contribution < -0.4 is 0 Å². The summed E-state index contributed by atoms with van der Waals surface area (Å²) < 4.78 is 0. The Kier molecular flexibility index (Phi) is 4.58. The second-order valence-electron chi connectivity index (χ2n) is 4.94. The van der Waals surface area contributed by atoms with Crippen molar-refractivity contribution in [3.63, 3.8) is 0 Å². The number of nitrogens with zero attached hydrogens (tertiary/aromatic N) is 1. The van der Waals surface area contributed by atoms with Gasteiger partial charge < -0.3 is 5.11 Å². The van der Waals surface area contributed by atoms with Crippen LogP contribution in [0.15, 0.2) is 0 Å². The van der Waals surface area contributed by atoms with Crippen molar-refractivity contribution in [1.29, 1.82) is 0 Å². The highest BCUT2D eigenvalue weighted by atomic mass is 16.4. The minimum absolute atomic E-state index is 0.193. The molecule has 0 saturated carbocycles. The van der Waals surface area contributed by atoms with E-state index < -0.39 is 5.97 Å². The molecule has 2 atom stereocenters. The third-order valence-corrected chi connectivity index (χ3v) is 3.41. The fourth-order valence-electron chi connectivity index (χ4n) is 2.55. The van der Waals surface area contributed by atoms with Crippen LogP contribution in [0.5, 0.6) is 0 Å². The van der Waals surface area contributed by atoms with E-state index in [1.165, 1.54) is 12.8 Å². The molecule has 0 radical (unpaired) electrons. The van der Waals surface area contributed by atoms with Crippen molar-refractivity contribution in [2.45, 2.75) is 46.1 Å². The standard InChI is InChI=1S/C12H23NO2/c1-4-10-6-5-7-13(8-10)11(9(2)3)12(14)15/h9-11H,4-8H2,1-3H3,(H,14,15). The average Bonchev–Trinajstić information content (AvgIpc) is 2.17. The molecule has 0 aromatic heterocycles. The maximum Gasteiger partial charge on any atom is 0.321 e. The summed E-state index contributed by atoms with van der Waals surface area (Å²) >= 11 is 0. The summed E-state index contributed by atoms with van der Waals surface area (Å²) in [6.07, 6.45) is 3.58. The summed E-state index contributed by atoms with van der Waals surface area (Å²) in [7, 11) is 0. The van der Waals surface area contributed by atoms with Gasteiger partial charge in [-0.15, -0.1) is 0 Å². The van der Waals surface area contributed by atoms with Crippen LogP contribution in [0.25, 0.3) is 0 Å². The van der Waals surface area contributed by atoms with Gasteiger partial charge in [-0.3, -0.25) is 9.69 Å². The van der Waals surface area contributed by atoms with Gasteiger partial charge in [0.15, 0.2) is 0 Å². The van der Waals surface area contributed by atoms with Crippen molar-refractivity contribution in [2.24, 2.45) is 11.8 Å². The quantitative estimate of drug-likeness (QED) is 0.778. The lowest BCUT2D eigenvalue weighted by molar-refractivity contribution is -0.146. The van der Waals surface area contributed by atoms with Gasteiger partial charge in [0.2, 0.25) is 0 Å². The molecule has 0 aromatic carbocycles. The van der Waals surface area contributed by atoms with Crippen LogP contribution in [0.1, 0.15) is 40.0 Å². The monoisotopic (exact) mass is 213 g/mol. The van der Waals surface area contributed by atoms with Crippen molar-refractivity contribution in [3.8, 4) is 0 Å². The SMILES string of the molecule is CCC1CCCN(C(C(=O)O)C(C)C)C1. The molecule has 0 spiro atoms. The maximum atomic E-state index is 11.2. The Balaban J connectivity index is 2.63. The lowest BCUT2D eigenvalue weighted by atomic mass is 9.92. The summed E-state index contributed by atoms with van der Waals surface area (Å²) in [5.41, 5.74) is 0. The van der Waals surface area contributed by atoms with E-state index in [0.717, 1.165) is 19.5 Å². The Morgan fingerprint density at radius 1 is 1.53 bits per heavy atom. The van der Waals surface area contributed by atoms with E-state index in [9.17, 15) is 9.90 Å². The van der Waals surface area contributed by atoms with Crippen LogP contribution >= 0.6 is 0 Å². The summed E-state index contributed by atoms with van der Waals surface area (Å²) in [5.74, 6) is 0.221. The van der Waals surface area contributed by atoms with Crippen molar-refractivity contribution in [2.75, 3.05) is 13.1 Å². The van der Waals surface area contributed by atoms with E-state index in [1.54, 1.807) is 0 Å². The van der Waals surface area contributed by atoms with Crippen LogP contribution in [0, 0.1) is 11.8 Å². The largest absolute Gasteiger partial charge is 0.480 e.